The first-order valence-corrected chi connectivity index (χ1v) is 6.61. The van der Waals surface area contributed by atoms with Gasteiger partial charge in [-0.05, 0) is 24.3 Å². The molecule has 22 heavy (non-hydrogen) atoms. The van der Waals surface area contributed by atoms with Crippen LogP contribution in [-0.4, -0.2) is 21.5 Å². The second-order valence-electron chi connectivity index (χ2n) is 4.46. The summed E-state index contributed by atoms with van der Waals surface area (Å²) in [5.74, 6) is 0.274. The number of nitrogens with one attached hydrogen (secondary N) is 1. The number of amides is 1. The van der Waals surface area contributed by atoms with Crippen molar-refractivity contribution in [3.63, 3.8) is 0 Å². The highest BCUT2D eigenvalue weighted by molar-refractivity contribution is 6.31. The van der Waals surface area contributed by atoms with E-state index >= 15 is 0 Å². The number of hydrogen-bond acceptors (Lipinski definition) is 4. The van der Waals surface area contributed by atoms with Gasteiger partial charge in [0.25, 0.3) is 5.69 Å². The van der Waals surface area contributed by atoms with Gasteiger partial charge < -0.3 is 0 Å². The zero-order valence-corrected chi connectivity index (χ0v) is 11.8. The minimum absolute atomic E-state index is 0.0600. The maximum atomic E-state index is 11.5. The zero-order chi connectivity index (χ0) is 15.7. The lowest BCUT2D eigenvalue weighted by atomic mass is 10.2. The van der Waals surface area contributed by atoms with Crippen molar-refractivity contribution in [2.75, 3.05) is 4.90 Å². The molecule has 0 spiro atoms. The molecule has 3 aromatic rings. The zero-order valence-electron chi connectivity index (χ0n) is 11.1. The maximum Gasteiger partial charge on any atom is 0.293 e. The van der Waals surface area contributed by atoms with Crippen molar-refractivity contribution < 1.29 is 9.72 Å². The summed E-state index contributed by atoms with van der Waals surface area (Å²) in [6.45, 7) is 0. The third-order valence-electron chi connectivity index (χ3n) is 3.18. The Morgan fingerprint density at radius 1 is 1.27 bits per heavy atom. The number of nitrogens with zero attached hydrogens (tertiary/aromatic N) is 3. The van der Waals surface area contributed by atoms with Crippen molar-refractivity contribution in [1.29, 1.82) is 0 Å². The van der Waals surface area contributed by atoms with Crippen LogP contribution in [0.5, 0.6) is 0 Å². The number of hydrogen-bond donors (Lipinski definition) is 1. The number of aromatic nitrogens is 2. The number of para-hydroxylation sites is 1. The van der Waals surface area contributed by atoms with Gasteiger partial charge in [0.15, 0.2) is 5.82 Å². The van der Waals surface area contributed by atoms with E-state index in [9.17, 15) is 14.9 Å². The molecule has 110 valence electrons. The number of nitro benzene ring substituents is 1. The molecule has 0 saturated carbocycles. The molecule has 1 N–H and O–H groups in total. The number of fused-ring (bicyclic) bond motifs is 1. The molecule has 0 aliphatic heterocycles. The third-order valence-corrected chi connectivity index (χ3v) is 3.41. The van der Waals surface area contributed by atoms with Crippen LogP contribution in [0.15, 0.2) is 42.5 Å². The Bertz CT molecular complexity index is 877. The number of anilines is 2. The van der Waals surface area contributed by atoms with Gasteiger partial charge in [0.2, 0.25) is 6.41 Å². The fourth-order valence-corrected chi connectivity index (χ4v) is 2.36. The minimum atomic E-state index is -0.572. The molecule has 8 heteroatoms. The number of carbonyl (C=O) groups excluding carboxylic acids is 1. The van der Waals surface area contributed by atoms with Gasteiger partial charge in [-0.15, -0.1) is 0 Å². The van der Waals surface area contributed by atoms with Crippen molar-refractivity contribution in [2.24, 2.45) is 0 Å². The maximum absolute atomic E-state index is 11.5. The van der Waals surface area contributed by atoms with Crippen LogP contribution in [-0.2, 0) is 4.79 Å². The van der Waals surface area contributed by atoms with Gasteiger partial charge in [-0.3, -0.25) is 24.9 Å². The van der Waals surface area contributed by atoms with E-state index in [0.29, 0.717) is 17.3 Å². The summed E-state index contributed by atoms with van der Waals surface area (Å²) in [5.41, 5.74) is 0.544. The Morgan fingerprint density at radius 2 is 2.05 bits per heavy atom. The molecular weight excluding hydrogens is 308 g/mol. The number of aromatic amines is 1. The Balaban J connectivity index is 2.22. The fourth-order valence-electron chi connectivity index (χ4n) is 2.20. The molecule has 2 aromatic carbocycles. The number of rotatable bonds is 4. The quantitative estimate of drug-likeness (QED) is 0.453. The molecule has 0 saturated heterocycles. The number of H-pyrrole nitrogens is 1. The van der Waals surface area contributed by atoms with Crippen molar-refractivity contribution in [3.05, 3.63) is 57.6 Å². The number of halogens is 1. The van der Waals surface area contributed by atoms with Gasteiger partial charge in [-0.1, -0.05) is 23.7 Å². The first kappa shape index (κ1) is 14.0. The lowest BCUT2D eigenvalue weighted by Crippen LogP contribution is -2.16. The predicted molar refractivity (Wildman–Crippen MR) is 82.4 cm³/mol. The molecule has 0 bridgehead atoms. The first-order chi connectivity index (χ1) is 10.6. The molecule has 0 aliphatic rings. The lowest BCUT2D eigenvalue weighted by molar-refractivity contribution is -0.384. The second-order valence-corrected chi connectivity index (χ2v) is 4.89. The number of benzene rings is 2. The standard InChI is InChI=1S/C14H9ClN4O3/c15-9-5-6-12(19(21)22)13(7-9)18(8-20)14-10-3-1-2-4-11(10)16-17-14/h1-8H,(H,16,17). The smallest absolute Gasteiger partial charge is 0.278 e. The van der Waals surface area contributed by atoms with Crippen molar-refractivity contribution >= 4 is 46.1 Å². The molecular formula is C14H9ClN4O3. The van der Waals surface area contributed by atoms with E-state index < -0.39 is 4.92 Å². The summed E-state index contributed by atoms with van der Waals surface area (Å²) >= 11 is 5.91. The summed E-state index contributed by atoms with van der Waals surface area (Å²) in [6.07, 6.45) is 0.473. The average molecular weight is 317 g/mol. The Labute approximate surface area is 129 Å². The molecule has 0 fully saturated rings. The van der Waals surface area contributed by atoms with E-state index in [4.69, 9.17) is 11.6 Å². The summed E-state index contributed by atoms with van der Waals surface area (Å²) < 4.78 is 0. The number of nitro groups is 1. The first-order valence-electron chi connectivity index (χ1n) is 6.23. The van der Waals surface area contributed by atoms with E-state index in [-0.39, 0.29) is 22.2 Å². The minimum Gasteiger partial charge on any atom is -0.278 e. The number of carbonyl (C=O) groups is 1. The fraction of sp³-hybridized carbons (Fsp3) is 0. The van der Waals surface area contributed by atoms with E-state index in [2.05, 4.69) is 10.2 Å². The third kappa shape index (κ3) is 2.27. The molecule has 7 nitrogen and oxygen atoms in total. The summed E-state index contributed by atoms with van der Waals surface area (Å²) in [5, 5.41) is 19.0. The topological polar surface area (TPSA) is 92.1 Å². The van der Waals surface area contributed by atoms with Crippen LogP contribution in [0.4, 0.5) is 17.2 Å². The van der Waals surface area contributed by atoms with Gasteiger partial charge in [0.1, 0.15) is 5.69 Å². The molecule has 0 atom stereocenters. The highest BCUT2D eigenvalue weighted by Gasteiger charge is 2.23. The monoisotopic (exact) mass is 316 g/mol. The highest BCUT2D eigenvalue weighted by Crippen LogP contribution is 2.36. The van der Waals surface area contributed by atoms with E-state index in [1.54, 1.807) is 18.2 Å². The van der Waals surface area contributed by atoms with Gasteiger partial charge in [0, 0.05) is 16.5 Å². The van der Waals surface area contributed by atoms with Gasteiger partial charge in [0.05, 0.1) is 10.4 Å². The SMILES string of the molecule is O=CN(c1cc(Cl)ccc1[N+](=O)[O-])c1n[nH]c2ccccc12. The van der Waals surface area contributed by atoms with E-state index in [1.807, 2.05) is 6.07 Å². The van der Waals surface area contributed by atoms with Gasteiger partial charge in [-0.2, -0.15) is 5.10 Å². The van der Waals surface area contributed by atoms with Gasteiger partial charge >= 0.3 is 0 Å². The van der Waals surface area contributed by atoms with E-state index in [1.165, 1.54) is 18.2 Å². The summed E-state index contributed by atoms with van der Waals surface area (Å²) in [4.78, 5) is 23.2. The van der Waals surface area contributed by atoms with Crippen molar-refractivity contribution in [2.45, 2.75) is 0 Å². The lowest BCUT2D eigenvalue weighted by Gasteiger charge is -2.15. The van der Waals surface area contributed by atoms with Crippen LogP contribution in [0.1, 0.15) is 0 Å². The molecule has 3 rings (SSSR count). The Kier molecular flexibility index (Phi) is 3.48. The molecule has 1 aromatic heterocycles. The summed E-state index contributed by atoms with van der Waals surface area (Å²) in [6, 6.07) is 11.2. The van der Waals surface area contributed by atoms with Crippen LogP contribution in [0, 0.1) is 10.1 Å². The normalized spacial score (nSPS) is 10.6. The molecule has 0 aliphatic carbocycles. The van der Waals surface area contributed by atoms with Crippen LogP contribution in [0.3, 0.4) is 0 Å². The van der Waals surface area contributed by atoms with Crippen molar-refractivity contribution in [3.8, 4) is 0 Å². The molecule has 0 radical (unpaired) electrons. The molecule has 1 heterocycles. The largest absolute Gasteiger partial charge is 0.293 e. The predicted octanol–water partition coefficient (Wildman–Crippen LogP) is 3.42. The summed E-state index contributed by atoms with van der Waals surface area (Å²) in [7, 11) is 0. The van der Waals surface area contributed by atoms with Crippen LogP contribution >= 0.6 is 11.6 Å². The molecule has 0 unspecified atom stereocenters. The van der Waals surface area contributed by atoms with Gasteiger partial charge in [-0.25, -0.2) is 0 Å². The van der Waals surface area contributed by atoms with Crippen LogP contribution in [0.2, 0.25) is 5.02 Å². The Hall–Kier alpha value is -2.93. The molecule has 1 amide bonds. The van der Waals surface area contributed by atoms with Crippen molar-refractivity contribution in [1.82, 2.24) is 10.2 Å². The Morgan fingerprint density at radius 3 is 2.77 bits per heavy atom. The average Bonchev–Trinajstić information content (AvgIpc) is 2.92. The van der Waals surface area contributed by atoms with E-state index in [0.717, 1.165) is 4.90 Å². The second kappa shape index (κ2) is 5.45. The van der Waals surface area contributed by atoms with Crippen LogP contribution in [0.25, 0.3) is 10.9 Å². The highest BCUT2D eigenvalue weighted by atomic mass is 35.5. The van der Waals surface area contributed by atoms with Crippen LogP contribution < -0.4 is 4.90 Å².